The van der Waals surface area contributed by atoms with Gasteiger partial charge in [-0.1, -0.05) is 28.9 Å². The third-order valence-corrected chi connectivity index (χ3v) is 6.06. The highest BCUT2D eigenvalue weighted by atomic mass is 32.2. The van der Waals surface area contributed by atoms with Gasteiger partial charge >= 0.3 is 6.18 Å². The maximum absolute atomic E-state index is 13.3. The quantitative estimate of drug-likeness (QED) is 0.427. The van der Waals surface area contributed by atoms with Crippen molar-refractivity contribution in [3.63, 3.8) is 0 Å². The lowest BCUT2D eigenvalue weighted by atomic mass is 9.97. The summed E-state index contributed by atoms with van der Waals surface area (Å²) in [7, 11) is 0.876. The van der Waals surface area contributed by atoms with Crippen molar-refractivity contribution in [3.05, 3.63) is 71.8 Å². The Bertz CT molecular complexity index is 1190. The Morgan fingerprint density at radius 3 is 2.44 bits per heavy atom. The minimum atomic E-state index is -4.58. The van der Waals surface area contributed by atoms with Crippen LogP contribution in [0.25, 0.3) is 11.1 Å². The smallest absolute Gasteiger partial charge is 0.417 e. The van der Waals surface area contributed by atoms with Gasteiger partial charge in [0.05, 0.1) is 17.6 Å². The summed E-state index contributed by atoms with van der Waals surface area (Å²) in [5.74, 6) is -0.471. The first kappa shape index (κ1) is 23.4. The first-order valence-corrected chi connectivity index (χ1v) is 10.8. The second kappa shape index (κ2) is 9.46. The van der Waals surface area contributed by atoms with Gasteiger partial charge < -0.3 is 15.2 Å². The van der Waals surface area contributed by atoms with E-state index in [4.69, 9.17) is 9.88 Å². The normalized spacial score (nSPS) is 12.4. The third-order valence-electron chi connectivity index (χ3n) is 4.71. The van der Waals surface area contributed by atoms with Gasteiger partial charge in [-0.3, -0.25) is 9.93 Å². The van der Waals surface area contributed by atoms with Gasteiger partial charge in [-0.15, -0.1) is 0 Å². The molecule has 0 saturated heterocycles. The van der Waals surface area contributed by atoms with Crippen LogP contribution in [-0.4, -0.2) is 23.5 Å². The average Bonchev–Trinajstić information content (AvgIpc) is 2.77. The number of hydrogen-bond acceptors (Lipinski definition) is 4. The molecule has 4 N–H and O–H groups in total. The summed E-state index contributed by atoms with van der Waals surface area (Å²) >= 11 is 0. The number of amides is 1. The maximum atomic E-state index is 13.3. The molecule has 5 nitrogen and oxygen atoms in total. The summed E-state index contributed by atoms with van der Waals surface area (Å²) in [6.45, 7) is 1.83. The van der Waals surface area contributed by atoms with Crippen molar-refractivity contribution in [3.8, 4) is 22.6 Å². The van der Waals surface area contributed by atoms with Gasteiger partial charge in [0.1, 0.15) is 11.5 Å². The minimum absolute atomic E-state index is 0.0220. The van der Waals surface area contributed by atoms with E-state index in [9.17, 15) is 23.1 Å². The highest BCUT2D eigenvalue weighted by molar-refractivity contribution is 8.13. The SMILES string of the molecule is C/C=S(\N)c1ccc(NC(=O)c2ccc(-c3ccccc3C(F)(F)F)c(O)c2)cc1OC. The second-order valence-corrected chi connectivity index (χ2v) is 8.36. The van der Waals surface area contributed by atoms with Crippen LogP contribution in [0.2, 0.25) is 0 Å². The lowest BCUT2D eigenvalue weighted by Crippen LogP contribution is -2.12. The van der Waals surface area contributed by atoms with E-state index >= 15 is 0 Å². The van der Waals surface area contributed by atoms with Crippen LogP contribution in [-0.2, 0) is 6.18 Å². The predicted octanol–water partition coefficient (Wildman–Crippen LogP) is 5.66. The molecule has 0 aromatic heterocycles. The Hall–Kier alpha value is -3.30. The minimum Gasteiger partial charge on any atom is -0.507 e. The Labute approximate surface area is 185 Å². The van der Waals surface area contributed by atoms with Crippen molar-refractivity contribution in [2.45, 2.75) is 18.0 Å². The molecule has 9 heteroatoms. The van der Waals surface area contributed by atoms with Gasteiger partial charge in [0, 0.05) is 22.9 Å². The summed E-state index contributed by atoms with van der Waals surface area (Å²) in [4.78, 5) is 13.4. The molecule has 1 atom stereocenters. The summed E-state index contributed by atoms with van der Waals surface area (Å²) in [5, 5.41) is 20.9. The number of anilines is 1. The number of nitrogens with one attached hydrogen (secondary N) is 1. The number of phenols is 1. The Kier molecular flexibility index (Phi) is 6.90. The van der Waals surface area contributed by atoms with Crippen LogP contribution < -0.4 is 15.2 Å². The number of methoxy groups -OCH3 is 1. The van der Waals surface area contributed by atoms with Crippen molar-refractivity contribution in [2.75, 3.05) is 12.4 Å². The van der Waals surface area contributed by atoms with E-state index in [0.29, 0.717) is 11.4 Å². The zero-order chi connectivity index (χ0) is 23.5. The van der Waals surface area contributed by atoms with Crippen LogP contribution >= 0.6 is 10.7 Å². The standard InChI is InChI=1S/C23H21F3N2O3S/c1-3-32(27)21-11-9-15(13-20(21)31-2)28-22(30)14-8-10-17(19(29)12-14)16-6-4-5-7-18(16)23(24,25)26/h3-13,29H,27H2,1-2H3,(H,28,30). The van der Waals surface area contributed by atoms with E-state index < -0.39 is 34.1 Å². The number of halogens is 3. The molecule has 168 valence electrons. The maximum Gasteiger partial charge on any atom is 0.417 e. The molecule has 32 heavy (non-hydrogen) atoms. The molecule has 0 bridgehead atoms. The number of ether oxygens (including phenoxy) is 1. The molecule has 1 unspecified atom stereocenters. The topological polar surface area (TPSA) is 84.6 Å². The van der Waals surface area contributed by atoms with E-state index in [1.165, 1.54) is 37.4 Å². The first-order valence-electron chi connectivity index (χ1n) is 9.41. The fourth-order valence-electron chi connectivity index (χ4n) is 3.14. The molecule has 0 aliphatic heterocycles. The van der Waals surface area contributed by atoms with Gasteiger partial charge in [0.25, 0.3) is 5.91 Å². The molecule has 0 heterocycles. The number of benzene rings is 3. The number of hydrogen-bond donors (Lipinski definition) is 3. The lowest BCUT2D eigenvalue weighted by Gasteiger charge is -2.15. The Balaban J connectivity index is 1.89. The van der Waals surface area contributed by atoms with Crippen molar-refractivity contribution in [1.82, 2.24) is 0 Å². The number of alkyl halides is 3. The molecule has 0 spiro atoms. The molecule has 3 aromatic rings. The van der Waals surface area contributed by atoms with Crippen LogP contribution in [0.15, 0.2) is 65.6 Å². The van der Waals surface area contributed by atoms with E-state index in [1.54, 1.807) is 18.2 Å². The number of rotatable bonds is 5. The largest absolute Gasteiger partial charge is 0.507 e. The number of phenolic OH excluding ortho intramolecular Hbond substituents is 1. The molecular weight excluding hydrogens is 441 g/mol. The highest BCUT2D eigenvalue weighted by Gasteiger charge is 2.33. The second-order valence-electron chi connectivity index (χ2n) is 6.70. The molecule has 1 amide bonds. The van der Waals surface area contributed by atoms with Crippen molar-refractivity contribution in [2.24, 2.45) is 5.14 Å². The summed E-state index contributed by atoms with van der Waals surface area (Å²) in [6.07, 6.45) is -4.58. The number of carbonyl (C=O) groups excluding carboxylic acids is 1. The fourth-order valence-corrected chi connectivity index (χ4v) is 3.99. The Morgan fingerprint density at radius 2 is 1.81 bits per heavy atom. The zero-order valence-electron chi connectivity index (χ0n) is 17.2. The van der Waals surface area contributed by atoms with Crippen molar-refractivity contribution < 1.29 is 27.8 Å². The molecule has 0 aliphatic rings. The van der Waals surface area contributed by atoms with Crippen LogP contribution in [0.1, 0.15) is 22.8 Å². The third kappa shape index (κ3) is 4.95. The first-order chi connectivity index (χ1) is 15.2. The highest BCUT2D eigenvalue weighted by Crippen LogP contribution is 2.40. The predicted molar refractivity (Wildman–Crippen MR) is 121 cm³/mol. The number of nitrogens with two attached hydrogens (primary N) is 1. The monoisotopic (exact) mass is 462 g/mol. The van der Waals surface area contributed by atoms with Crippen LogP contribution in [0, 0.1) is 0 Å². The van der Waals surface area contributed by atoms with E-state index in [2.05, 4.69) is 5.32 Å². The molecule has 0 fully saturated rings. The van der Waals surface area contributed by atoms with Gasteiger partial charge in [0.2, 0.25) is 0 Å². The van der Waals surface area contributed by atoms with Gasteiger partial charge in [0.15, 0.2) is 0 Å². The van der Waals surface area contributed by atoms with Crippen molar-refractivity contribution in [1.29, 1.82) is 0 Å². The average molecular weight is 462 g/mol. The molecule has 3 rings (SSSR count). The fraction of sp³-hybridized carbons (Fsp3) is 0.130. The molecular formula is C23H21F3N2O3S. The van der Waals surface area contributed by atoms with Crippen LogP contribution in [0.3, 0.4) is 0 Å². The van der Waals surface area contributed by atoms with Crippen molar-refractivity contribution >= 4 is 27.6 Å². The summed E-state index contributed by atoms with van der Waals surface area (Å²) in [5.41, 5.74) is -0.544. The zero-order valence-corrected chi connectivity index (χ0v) is 18.1. The van der Waals surface area contributed by atoms with E-state index in [-0.39, 0.29) is 16.7 Å². The number of carbonyl (C=O) groups is 1. The molecule has 0 saturated carbocycles. The van der Waals surface area contributed by atoms with Crippen LogP contribution in [0.5, 0.6) is 11.5 Å². The lowest BCUT2D eigenvalue weighted by molar-refractivity contribution is -0.137. The van der Waals surface area contributed by atoms with E-state index in [1.807, 2.05) is 12.3 Å². The van der Waals surface area contributed by atoms with Crippen LogP contribution in [0.4, 0.5) is 18.9 Å². The van der Waals surface area contributed by atoms with Gasteiger partial charge in [-0.05, 0) is 54.3 Å². The Morgan fingerprint density at radius 1 is 1.09 bits per heavy atom. The van der Waals surface area contributed by atoms with Gasteiger partial charge in [-0.2, -0.15) is 13.2 Å². The summed E-state index contributed by atoms with van der Waals surface area (Å²) < 4.78 is 45.3. The molecule has 3 aromatic carbocycles. The number of aromatic hydroxyl groups is 1. The molecule has 0 aliphatic carbocycles. The summed E-state index contributed by atoms with van der Waals surface area (Å²) in [6, 6.07) is 13.7. The van der Waals surface area contributed by atoms with Gasteiger partial charge in [-0.25, -0.2) is 0 Å². The van der Waals surface area contributed by atoms with E-state index in [0.717, 1.165) is 17.0 Å². The molecule has 0 radical (unpaired) electrons.